The molecule has 2 atom stereocenters. The van der Waals surface area contributed by atoms with Gasteiger partial charge < -0.3 is 19.9 Å². The van der Waals surface area contributed by atoms with Gasteiger partial charge in [-0.2, -0.15) is 0 Å². The first kappa shape index (κ1) is 15.8. The number of rotatable bonds is 10. The Labute approximate surface area is 99.3 Å². The van der Waals surface area contributed by atoms with Gasteiger partial charge in [0.1, 0.15) is 0 Å². The van der Waals surface area contributed by atoms with Crippen molar-refractivity contribution in [3.8, 4) is 0 Å². The molecule has 0 aromatic carbocycles. The average molecular weight is 233 g/mol. The van der Waals surface area contributed by atoms with Crippen molar-refractivity contribution in [1.29, 1.82) is 0 Å². The first-order chi connectivity index (χ1) is 7.58. The number of aliphatic hydroxyl groups is 1. The highest BCUT2D eigenvalue weighted by Gasteiger charge is 2.24. The second-order valence-electron chi connectivity index (χ2n) is 4.48. The molecular weight excluding hydrogens is 206 g/mol. The highest BCUT2D eigenvalue weighted by atomic mass is 16.5. The van der Waals surface area contributed by atoms with Gasteiger partial charge in [-0.25, -0.2) is 0 Å². The number of methoxy groups -OCH3 is 1. The minimum atomic E-state index is -0.241. The van der Waals surface area contributed by atoms with E-state index in [0.717, 1.165) is 26.0 Å². The van der Waals surface area contributed by atoms with Crippen LogP contribution >= 0.6 is 0 Å². The summed E-state index contributed by atoms with van der Waals surface area (Å²) in [4.78, 5) is 0. The zero-order chi connectivity index (χ0) is 12.4. The average Bonchev–Trinajstić information content (AvgIpc) is 2.25. The molecule has 0 fully saturated rings. The van der Waals surface area contributed by atoms with Crippen molar-refractivity contribution >= 4 is 0 Å². The van der Waals surface area contributed by atoms with Crippen molar-refractivity contribution in [3.05, 3.63) is 0 Å². The molecule has 0 bridgehead atoms. The van der Waals surface area contributed by atoms with Crippen LogP contribution in [0.5, 0.6) is 0 Å². The van der Waals surface area contributed by atoms with Crippen LogP contribution in [0.3, 0.4) is 0 Å². The lowest BCUT2D eigenvalue weighted by Gasteiger charge is -2.31. The molecule has 0 aliphatic carbocycles. The molecule has 0 saturated heterocycles. The lowest BCUT2D eigenvalue weighted by Crippen LogP contribution is -2.48. The molecule has 2 unspecified atom stereocenters. The van der Waals surface area contributed by atoms with Gasteiger partial charge in [0.25, 0.3) is 0 Å². The summed E-state index contributed by atoms with van der Waals surface area (Å²) < 4.78 is 10.6. The molecule has 0 aromatic heterocycles. The fourth-order valence-corrected chi connectivity index (χ4v) is 1.80. The maximum atomic E-state index is 9.34. The van der Waals surface area contributed by atoms with E-state index in [1.165, 1.54) is 0 Å². The van der Waals surface area contributed by atoms with E-state index in [1.54, 1.807) is 7.11 Å². The summed E-state index contributed by atoms with van der Waals surface area (Å²) in [7, 11) is 1.69. The Morgan fingerprint density at radius 2 is 2.06 bits per heavy atom. The van der Waals surface area contributed by atoms with E-state index in [4.69, 9.17) is 9.47 Å². The molecule has 2 N–H and O–H groups in total. The maximum absolute atomic E-state index is 9.34. The molecular formula is C12H27NO3. The van der Waals surface area contributed by atoms with E-state index in [9.17, 15) is 5.11 Å². The highest BCUT2D eigenvalue weighted by molar-refractivity contribution is 4.83. The van der Waals surface area contributed by atoms with Gasteiger partial charge in [-0.3, -0.25) is 0 Å². The number of hydrogen-bond acceptors (Lipinski definition) is 4. The van der Waals surface area contributed by atoms with Gasteiger partial charge in [0, 0.05) is 25.9 Å². The van der Waals surface area contributed by atoms with Crippen molar-refractivity contribution in [2.45, 2.75) is 45.3 Å². The summed E-state index contributed by atoms with van der Waals surface area (Å²) in [6.07, 6.45) is 1.87. The van der Waals surface area contributed by atoms with E-state index >= 15 is 0 Å². The van der Waals surface area contributed by atoms with Gasteiger partial charge in [0.05, 0.1) is 12.7 Å². The summed E-state index contributed by atoms with van der Waals surface area (Å²) in [5, 5.41) is 12.6. The molecule has 0 saturated carbocycles. The third-order valence-corrected chi connectivity index (χ3v) is 2.59. The molecule has 16 heavy (non-hydrogen) atoms. The standard InChI is InChI=1S/C12H27NO3/c1-5-13-12(3,10-14)9-11(2)16-8-6-7-15-4/h11,13-14H,5-10H2,1-4H3. The number of hydrogen-bond donors (Lipinski definition) is 2. The summed E-state index contributed by atoms with van der Waals surface area (Å²) in [6, 6.07) is 0. The zero-order valence-corrected chi connectivity index (χ0v) is 11.1. The number of ether oxygens (including phenoxy) is 2. The molecule has 0 aliphatic rings. The lowest BCUT2D eigenvalue weighted by molar-refractivity contribution is 0.0196. The molecule has 98 valence electrons. The van der Waals surface area contributed by atoms with Crippen LogP contribution in [0, 0.1) is 0 Å². The summed E-state index contributed by atoms with van der Waals surface area (Å²) in [6.45, 7) is 8.53. The second-order valence-corrected chi connectivity index (χ2v) is 4.48. The van der Waals surface area contributed by atoms with E-state index < -0.39 is 0 Å². The Bertz CT molecular complexity index is 166. The molecule has 0 radical (unpaired) electrons. The Kier molecular flexibility index (Phi) is 8.84. The highest BCUT2D eigenvalue weighted by Crippen LogP contribution is 2.14. The van der Waals surface area contributed by atoms with Crippen molar-refractivity contribution in [1.82, 2.24) is 5.32 Å². The first-order valence-corrected chi connectivity index (χ1v) is 6.04. The summed E-state index contributed by atoms with van der Waals surface area (Å²) >= 11 is 0. The topological polar surface area (TPSA) is 50.7 Å². The van der Waals surface area contributed by atoms with Gasteiger partial charge >= 0.3 is 0 Å². The quantitative estimate of drug-likeness (QED) is 0.556. The fourth-order valence-electron chi connectivity index (χ4n) is 1.80. The van der Waals surface area contributed by atoms with Gasteiger partial charge in [0.15, 0.2) is 0 Å². The molecule has 0 aliphatic heterocycles. The summed E-state index contributed by atoms with van der Waals surface area (Å²) in [5.74, 6) is 0. The lowest BCUT2D eigenvalue weighted by atomic mass is 9.96. The van der Waals surface area contributed by atoms with E-state index in [0.29, 0.717) is 6.61 Å². The molecule has 4 heteroatoms. The molecule has 4 nitrogen and oxygen atoms in total. The fraction of sp³-hybridized carbons (Fsp3) is 1.00. The van der Waals surface area contributed by atoms with Crippen LogP contribution in [0.25, 0.3) is 0 Å². The third kappa shape index (κ3) is 7.17. The second kappa shape index (κ2) is 8.93. The van der Waals surface area contributed by atoms with Crippen molar-refractivity contribution < 1.29 is 14.6 Å². The predicted octanol–water partition coefficient (Wildman–Crippen LogP) is 1.18. The predicted molar refractivity (Wildman–Crippen MR) is 65.7 cm³/mol. The summed E-state index contributed by atoms with van der Waals surface area (Å²) in [5.41, 5.74) is -0.241. The van der Waals surface area contributed by atoms with Gasteiger partial charge in [-0.05, 0) is 33.2 Å². The third-order valence-electron chi connectivity index (χ3n) is 2.59. The Morgan fingerprint density at radius 1 is 1.38 bits per heavy atom. The largest absolute Gasteiger partial charge is 0.394 e. The maximum Gasteiger partial charge on any atom is 0.0611 e. The van der Waals surface area contributed by atoms with E-state index in [-0.39, 0.29) is 18.2 Å². The Balaban J connectivity index is 3.77. The smallest absolute Gasteiger partial charge is 0.0611 e. The molecule has 0 heterocycles. The van der Waals surface area contributed by atoms with Crippen LogP contribution in [0.2, 0.25) is 0 Å². The van der Waals surface area contributed by atoms with Crippen LogP contribution < -0.4 is 5.32 Å². The van der Waals surface area contributed by atoms with Crippen LogP contribution in [-0.2, 0) is 9.47 Å². The Hall–Kier alpha value is -0.160. The first-order valence-electron chi connectivity index (χ1n) is 6.04. The number of aliphatic hydroxyl groups excluding tert-OH is 1. The zero-order valence-electron chi connectivity index (χ0n) is 11.1. The number of likely N-dealkylation sites (N-methyl/N-ethyl adjacent to an activating group) is 1. The Morgan fingerprint density at radius 3 is 2.56 bits per heavy atom. The van der Waals surface area contributed by atoms with Crippen molar-refractivity contribution in [3.63, 3.8) is 0 Å². The molecule has 0 rings (SSSR count). The number of nitrogens with one attached hydrogen (secondary N) is 1. The van der Waals surface area contributed by atoms with Crippen LogP contribution in [0.15, 0.2) is 0 Å². The molecule has 0 aromatic rings. The van der Waals surface area contributed by atoms with Crippen molar-refractivity contribution in [2.75, 3.05) is 33.5 Å². The van der Waals surface area contributed by atoms with Crippen LogP contribution in [0.1, 0.15) is 33.6 Å². The molecule has 0 amide bonds. The van der Waals surface area contributed by atoms with E-state index in [1.807, 2.05) is 20.8 Å². The van der Waals surface area contributed by atoms with Crippen LogP contribution in [-0.4, -0.2) is 50.2 Å². The monoisotopic (exact) mass is 233 g/mol. The molecule has 0 spiro atoms. The minimum Gasteiger partial charge on any atom is -0.394 e. The van der Waals surface area contributed by atoms with Gasteiger partial charge in [-0.1, -0.05) is 6.92 Å². The van der Waals surface area contributed by atoms with E-state index in [2.05, 4.69) is 5.32 Å². The van der Waals surface area contributed by atoms with Gasteiger partial charge in [-0.15, -0.1) is 0 Å². The van der Waals surface area contributed by atoms with Gasteiger partial charge in [0.2, 0.25) is 0 Å². The minimum absolute atomic E-state index is 0.132. The van der Waals surface area contributed by atoms with Crippen LogP contribution in [0.4, 0.5) is 0 Å². The SMILES string of the molecule is CCNC(C)(CO)CC(C)OCCCOC. The van der Waals surface area contributed by atoms with Crippen molar-refractivity contribution in [2.24, 2.45) is 0 Å². The normalized spacial score (nSPS) is 17.1.